The third-order valence-corrected chi connectivity index (χ3v) is 4.85. The molecule has 3 aliphatic rings. The highest BCUT2D eigenvalue weighted by Crippen LogP contribution is 2.54. The smallest absolute Gasteiger partial charge is 0.492 e. The standard InChI is InChI=1S/C15H18ClF3N5O7P/c1-9(2)23-14-21-13(20)24(31-32(25,30-23)29-22-14)27-7-3-6-26-12-5-4-10(8-11(12)16)28-15(17,18)19/h4-5,8-9H,3,6-7H2,1-2H3,(H2,20,21,22). The van der Waals surface area contributed by atoms with Crippen LogP contribution in [0, 0.1) is 0 Å². The SMILES string of the molecule is CC(C)N1OP2(=O)ON=C1/N=C(/N)N(OCCCOc1ccc(OC(F)(F)F)cc1Cl)O2. The van der Waals surface area contributed by atoms with E-state index in [-0.39, 0.29) is 48.4 Å². The number of nitrogens with zero attached hydrogens (tertiary/aromatic N) is 4. The van der Waals surface area contributed by atoms with Crippen LogP contribution in [0.2, 0.25) is 5.02 Å². The molecule has 0 aliphatic carbocycles. The van der Waals surface area contributed by atoms with E-state index in [1.54, 1.807) is 13.8 Å². The Labute approximate surface area is 184 Å². The fourth-order valence-corrected chi connectivity index (χ4v) is 3.54. The second-order valence-corrected chi connectivity index (χ2v) is 8.20. The van der Waals surface area contributed by atoms with Crippen molar-refractivity contribution in [1.29, 1.82) is 0 Å². The molecule has 3 heterocycles. The van der Waals surface area contributed by atoms with Crippen molar-refractivity contribution in [3.05, 3.63) is 23.2 Å². The number of hydrogen-bond donors (Lipinski definition) is 1. The van der Waals surface area contributed by atoms with E-state index < -0.39 is 19.9 Å². The molecule has 0 radical (unpaired) electrons. The van der Waals surface area contributed by atoms with Crippen molar-refractivity contribution in [2.45, 2.75) is 32.7 Å². The first-order valence-corrected chi connectivity index (χ1v) is 10.8. The van der Waals surface area contributed by atoms with E-state index in [1.807, 2.05) is 0 Å². The van der Waals surface area contributed by atoms with Gasteiger partial charge in [-0.05, 0) is 31.1 Å². The number of alkyl halides is 3. The molecule has 0 saturated carbocycles. The summed E-state index contributed by atoms with van der Waals surface area (Å²) in [4.78, 5) is 9.21. The third-order valence-electron chi connectivity index (χ3n) is 3.54. The molecule has 178 valence electrons. The van der Waals surface area contributed by atoms with E-state index in [0.717, 1.165) is 17.2 Å². The molecule has 0 spiro atoms. The normalized spacial score (nSPS) is 22.6. The summed E-state index contributed by atoms with van der Waals surface area (Å²) in [5.74, 6) is -0.737. The van der Waals surface area contributed by atoms with Crippen LogP contribution in [0.3, 0.4) is 0 Å². The van der Waals surface area contributed by atoms with Crippen molar-refractivity contribution in [2.75, 3.05) is 13.2 Å². The number of rotatable bonds is 8. The highest BCUT2D eigenvalue weighted by atomic mass is 35.5. The zero-order valence-electron chi connectivity index (χ0n) is 16.6. The Morgan fingerprint density at radius 3 is 2.69 bits per heavy atom. The number of halogens is 4. The fourth-order valence-electron chi connectivity index (χ4n) is 2.26. The van der Waals surface area contributed by atoms with Crippen LogP contribution in [-0.2, 0) is 23.3 Å². The van der Waals surface area contributed by atoms with Gasteiger partial charge in [0.15, 0.2) is 0 Å². The summed E-state index contributed by atoms with van der Waals surface area (Å²) >= 11 is 5.89. The molecule has 1 atom stereocenters. The molecular weight excluding hydrogens is 486 g/mol. The van der Waals surface area contributed by atoms with Crippen molar-refractivity contribution in [2.24, 2.45) is 15.9 Å². The largest absolute Gasteiger partial charge is 0.597 e. The molecule has 3 aliphatic heterocycles. The van der Waals surface area contributed by atoms with Crippen LogP contribution >= 0.6 is 19.4 Å². The number of ether oxygens (including phenoxy) is 2. The number of guanidine groups is 2. The Bertz CT molecular complexity index is 948. The molecule has 17 heteroatoms. The number of hydrogen-bond acceptors (Lipinski definition) is 12. The maximum absolute atomic E-state index is 12.5. The lowest BCUT2D eigenvalue weighted by Crippen LogP contribution is -2.46. The molecule has 0 amide bonds. The van der Waals surface area contributed by atoms with Crippen LogP contribution in [0.4, 0.5) is 13.2 Å². The Morgan fingerprint density at radius 2 is 2.03 bits per heavy atom. The van der Waals surface area contributed by atoms with Gasteiger partial charge in [-0.1, -0.05) is 16.8 Å². The van der Waals surface area contributed by atoms with Crippen molar-refractivity contribution in [1.82, 2.24) is 10.3 Å². The van der Waals surface area contributed by atoms with Crippen molar-refractivity contribution in [3.8, 4) is 11.5 Å². The summed E-state index contributed by atoms with van der Waals surface area (Å²) in [5.41, 5.74) is 5.79. The second kappa shape index (κ2) is 9.58. The first-order chi connectivity index (χ1) is 15.0. The van der Waals surface area contributed by atoms with E-state index in [9.17, 15) is 17.7 Å². The predicted octanol–water partition coefficient (Wildman–Crippen LogP) is 3.55. The van der Waals surface area contributed by atoms with E-state index in [4.69, 9.17) is 40.8 Å². The number of hydroxylamine groups is 4. The molecule has 1 unspecified atom stereocenters. The molecule has 2 N–H and O–H groups in total. The predicted molar refractivity (Wildman–Crippen MR) is 103 cm³/mol. The Kier molecular flexibility index (Phi) is 7.25. The zero-order valence-corrected chi connectivity index (χ0v) is 18.3. The number of nitrogens with two attached hydrogens (primary N) is 1. The number of fused-ring (bicyclic) bond motifs is 4. The quantitative estimate of drug-likeness (QED) is 0.415. The highest BCUT2D eigenvalue weighted by Gasteiger charge is 2.45. The van der Waals surface area contributed by atoms with Crippen LogP contribution in [0.5, 0.6) is 11.5 Å². The minimum atomic E-state index is -4.83. The van der Waals surface area contributed by atoms with E-state index >= 15 is 0 Å². The first-order valence-electron chi connectivity index (χ1n) is 8.96. The van der Waals surface area contributed by atoms with Crippen molar-refractivity contribution < 1.29 is 45.9 Å². The highest BCUT2D eigenvalue weighted by molar-refractivity contribution is 7.48. The van der Waals surface area contributed by atoms with Crippen molar-refractivity contribution in [3.63, 3.8) is 0 Å². The average Bonchev–Trinajstić information content (AvgIpc) is 2.67. The maximum Gasteiger partial charge on any atom is 0.597 e. The molecule has 32 heavy (non-hydrogen) atoms. The average molecular weight is 504 g/mol. The van der Waals surface area contributed by atoms with Gasteiger partial charge in [-0.25, -0.2) is 14.5 Å². The lowest BCUT2D eigenvalue weighted by Gasteiger charge is -2.34. The van der Waals surface area contributed by atoms with Gasteiger partial charge in [0.1, 0.15) is 11.5 Å². The number of aliphatic imine (C=N–C) groups is 1. The molecule has 2 bridgehead atoms. The van der Waals surface area contributed by atoms with Gasteiger partial charge in [0.25, 0.3) is 11.9 Å². The molecule has 1 aromatic carbocycles. The monoisotopic (exact) mass is 503 g/mol. The Morgan fingerprint density at radius 1 is 1.28 bits per heavy atom. The van der Waals surface area contributed by atoms with Gasteiger partial charge in [0.2, 0.25) is 0 Å². The van der Waals surface area contributed by atoms with Crippen LogP contribution in [0.25, 0.3) is 0 Å². The van der Waals surface area contributed by atoms with E-state index in [0.29, 0.717) is 5.23 Å². The van der Waals surface area contributed by atoms with Crippen molar-refractivity contribution >= 4 is 31.3 Å². The zero-order chi connectivity index (χ0) is 23.5. The molecule has 0 saturated heterocycles. The van der Waals surface area contributed by atoms with Gasteiger partial charge in [-0.3, -0.25) is 4.62 Å². The number of benzene rings is 1. The molecular formula is C15H18ClF3N5O7P. The van der Waals surface area contributed by atoms with Gasteiger partial charge >= 0.3 is 14.2 Å². The van der Waals surface area contributed by atoms with Gasteiger partial charge in [-0.2, -0.15) is 9.62 Å². The van der Waals surface area contributed by atoms with E-state index in [1.165, 1.54) is 6.07 Å². The summed E-state index contributed by atoms with van der Waals surface area (Å²) in [6.45, 7) is 3.47. The topological polar surface area (TPSA) is 130 Å². The first kappa shape index (κ1) is 24.2. The number of phosphoric acid groups is 1. The van der Waals surface area contributed by atoms with Crippen LogP contribution in [0.1, 0.15) is 20.3 Å². The number of oxime groups is 1. The third kappa shape index (κ3) is 6.29. The molecule has 0 fully saturated rings. The minimum absolute atomic E-state index is 0.0521. The van der Waals surface area contributed by atoms with Crippen LogP contribution in [-0.4, -0.2) is 47.8 Å². The Hall–Kier alpha value is -2.45. The molecule has 12 nitrogen and oxygen atoms in total. The lowest BCUT2D eigenvalue weighted by atomic mass is 10.3. The van der Waals surface area contributed by atoms with Crippen LogP contribution in [0.15, 0.2) is 28.3 Å². The summed E-state index contributed by atoms with van der Waals surface area (Å²) < 4.78 is 73.3. The maximum atomic E-state index is 12.5. The van der Waals surface area contributed by atoms with Gasteiger partial charge < -0.3 is 15.2 Å². The summed E-state index contributed by atoms with van der Waals surface area (Å²) in [7, 11) is -4.19. The summed E-state index contributed by atoms with van der Waals surface area (Å²) in [6.07, 6.45) is -4.59. The second-order valence-electron chi connectivity index (χ2n) is 6.41. The molecule has 0 aromatic heterocycles. The van der Waals surface area contributed by atoms with Crippen LogP contribution < -0.4 is 15.2 Å². The summed E-state index contributed by atoms with van der Waals surface area (Å²) in [6, 6.07) is 2.97. The van der Waals surface area contributed by atoms with Gasteiger partial charge in [0.05, 0.1) is 24.3 Å². The van der Waals surface area contributed by atoms with Gasteiger partial charge in [-0.15, -0.1) is 17.8 Å². The minimum Gasteiger partial charge on any atom is -0.492 e. The molecule has 4 rings (SSSR count). The van der Waals surface area contributed by atoms with E-state index in [2.05, 4.69) is 14.9 Å². The Balaban J connectivity index is 1.50. The van der Waals surface area contributed by atoms with Gasteiger partial charge in [0, 0.05) is 12.5 Å². The lowest BCUT2D eigenvalue weighted by molar-refractivity contribution is -0.283. The molecule has 1 aromatic rings. The summed E-state index contributed by atoms with van der Waals surface area (Å²) in [5, 5.41) is 5.18. The fraction of sp³-hybridized carbons (Fsp3) is 0.467.